The van der Waals surface area contributed by atoms with Gasteiger partial charge in [0.25, 0.3) is 0 Å². The van der Waals surface area contributed by atoms with E-state index in [4.69, 9.17) is 33.8 Å². The molecule has 0 saturated heterocycles. The number of primary amides is 1. The molecule has 224 valence electrons. The SMILES string of the molecule is CCCC[C@H](NC(=O)[C@H](CCCC)NC(=O)[C@@H](N)CCCNC(=N)N)C(=O)N[C@@H](CCCNC(=N)N)C(N)=O. The van der Waals surface area contributed by atoms with Gasteiger partial charge in [0.2, 0.25) is 23.6 Å². The Morgan fingerprint density at radius 1 is 0.615 bits per heavy atom. The van der Waals surface area contributed by atoms with Crippen molar-refractivity contribution in [3.63, 3.8) is 0 Å². The van der Waals surface area contributed by atoms with Gasteiger partial charge < -0.3 is 49.5 Å². The van der Waals surface area contributed by atoms with Crippen molar-refractivity contribution >= 4 is 35.5 Å². The number of nitrogens with one attached hydrogen (secondary N) is 7. The summed E-state index contributed by atoms with van der Waals surface area (Å²) in [5, 5.41) is 27.6. The minimum Gasteiger partial charge on any atom is -0.370 e. The minimum atomic E-state index is -0.960. The smallest absolute Gasteiger partial charge is 0.243 e. The Balaban J connectivity index is 5.29. The molecule has 0 aliphatic heterocycles. The van der Waals surface area contributed by atoms with Crippen LogP contribution in [-0.2, 0) is 19.2 Å². The van der Waals surface area contributed by atoms with Crippen molar-refractivity contribution in [3.8, 4) is 0 Å². The molecule has 4 amide bonds. The van der Waals surface area contributed by atoms with E-state index < -0.39 is 47.8 Å². The summed E-state index contributed by atoms with van der Waals surface area (Å²) in [6.07, 6.45) is 5.06. The van der Waals surface area contributed by atoms with E-state index in [0.29, 0.717) is 58.0 Å². The van der Waals surface area contributed by atoms with E-state index in [9.17, 15) is 19.2 Å². The van der Waals surface area contributed by atoms with Crippen molar-refractivity contribution < 1.29 is 19.2 Å². The highest BCUT2D eigenvalue weighted by Crippen LogP contribution is 2.07. The molecule has 15 heteroatoms. The first kappa shape index (κ1) is 35.4. The molecule has 0 saturated carbocycles. The molecule has 0 unspecified atom stereocenters. The van der Waals surface area contributed by atoms with E-state index in [1.807, 2.05) is 13.8 Å². The van der Waals surface area contributed by atoms with E-state index in [0.717, 1.165) is 12.8 Å². The average molecular weight is 556 g/mol. The van der Waals surface area contributed by atoms with Gasteiger partial charge in [0.15, 0.2) is 11.9 Å². The molecule has 0 aromatic carbocycles. The molecule has 39 heavy (non-hydrogen) atoms. The molecular weight excluding hydrogens is 506 g/mol. The second-order valence-electron chi connectivity index (χ2n) is 9.44. The summed E-state index contributed by atoms with van der Waals surface area (Å²) in [5.74, 6) is -2.63. The highest BCUT2D eigenvalue weighted by Gasteiger charge is 2.29. The molecule has 0 aliphatic carbocycles. The Hall–Kier alpha value is -3.62. The second-order valence-corrected chi connectivity index (χ2v) is 9.44. The summed E-state index contributed by atoms with van der Waals surface area (Å²) in [6, 6.07) is -3.63. The monoisotopic (exact) mass is 555 g/mol. The van der Waals surface area contributed by atoms with Crippen LogP contribution in [0, 0.1) is 10.8 Å². The third kappa shape index (κ3) is 16.8. The van der Waals surface area contributed by atoms with Crippen LogP contribution in [0.2, 0.25) is 0 Å². The highest BCUT2D eigenvalue weighted by atomic mass is 16.2. The van der Waals surface area contributed by atoms with Crippen LogP contribution in [-0.4, -0.2) is 72.8 Å². The van der Waals surface area contributed by atoms with Crippen LogP contribution < -0.4 is 49.5 Å². The molecule has 0 rings (SSSR count). The molecule has 0 aliphatic rings. The summed E-state index contributed by atoms with van der Waals surface area (Å²) in [6.45, 7) is 4.63. The topological polar surface area (TPSA) is 280 Å². The van der Waals surface area contributed by atoms with Gasteiger partial charge in [0.1, 0.15) is 18.1 Å². The average Bonchev–Trinajstić information content (AvgIpc) is 2.87. The predicted molar refractivity (Wildman–Crippen MR) is 150 cm³/mol. The standard InChI is InChI=1S/C24H49N11O4/c1-3-5-10-17(34-20(37)15(25)9-7-13-31-23(27)28)22(39)35-18(11-6-4-2)21(38)33-16(19(26)36)12-8-14-32-24(29)30/h15-18H,3-14,25H2,1-2H3,(H2,26,36)(H,33,38)(H,34,37)(H,35,39)(H4,27,28,31)(H4,29,30,32)/t15-,16-,17-,18-/m0/s1. The van der Waals surface area contributed by atoms with Gasteiger partial charge >= 0.3 is 0 Å². The number of hydrogen-bond acceptors (Lipinski definition) is 7. The van der Waals surface area contributed by atoms with Gasteiger partial charge in [-0.2, -0.15) is 0 Å². The largest absolute Gasteiger partial charge is 0.370 e. The van der Waals surface area contributed by atoms with Crippen molar-refractivity contribution in [1.82, 2.24) is 26.6 Å². The molecule has 15 nitrogen and oxygen atoms in total. The molecule has 0 fully saturated rings. The van der Waals surface area contributed by atoms with Crippen molar-refractivity contribution in [2.24, 2.45) is 22.9 Å². The number of guanidine groups is 2. The van der Waals surface area contributed by atoms with Crippen LogP contribution in [0.1, 0.15) is 78.1 Å². The van der Waals surface area contributed by atoms with Crippen molar-refractivity contribution in [2.75, 3.05) is 13.1 Å². The Kier molecular flexibility index (Phi) is 18.5. The molecule has 0 spiro atoms. The Labute approximate surface area is 230 Å². The van der Waals surface area contributed by atoms with Gasteiger partial charge in [-0.15, -0.1) is 0 Å². The zero-order valence-electron chi connectivity index (χ0n) is 23.2. The van der Waals surface area contributed by atoms with E-state index >= 15 is 0 Å². The van der Waals surface area contributed by atoms with E-state index in [1.54, 1.807) is 0 Å². The molecule has 0 aromatic rings. The summed E-state index contributed by atoms with van der Waals surface area (Å²) in [7, 11) is 0. The van der Waals surface area contributed by atoms with E-state index in [1.165, 1.54) is 0 Å². The van der Waals surface area contributed by atoms with Crippen LogP contribution in [0.4, 0.5) is 0 Å². The lowest BCUT2D eigenvalue weighted by Crippen LogP contribution is -2.57. The minimum absolute atomic E-state index is 0.168. The summed E-state index contributed by atoms with van der Waals surface area (Å²) in [4.78, 5) is 50.8. The lowest BCUT2D eigenvalue weighted by molar-refractivity contribution is -0.133. The van der Waals surface area contributed by atoms with Crippen molar-refractivity contribution in [1.29, 1.82) is 10.8 Å². The second kappa shape index (κ2) is 20.4. The summed E-state index contributed by atoms with van der Waals surface area (Å²) < 4.78 is 0. The van der Waals surface area contributed by atoms with E-state index in [2.05, 4.69) is 26.6 Å². The maximum atomic E-state index is 13.2. The first-order valence-electron chi connectivity index (χ1n) is 13.5. The highest BCUT2D eigenvalue weighted by molar-refractivity contribution is 5.94. The van der Waals surface area contributed by atoms with Gasteiger partial charge in [-0.25, -0.2) is 0 Å². The summed E-state index contributed by atoms with van der Waals surface area (Å²) >= 11 is 0. The number of hydrogen-bond donors (Lipinski definition) is 11. The van der Waals surface area contributed by atoms with E-state index in [-0.39, 0.29) is 18.3 Å². The number of nitrogens with two attached hydrogens (primary N) is 4. The zero-order valence-corrected chi connectivity index (χ0v) is 23.2. The molecule has 15 N–H and O–H groups in total. The normalized spacial score (nSPS) is 13.7. The van der Waals surface area contributed by atoms with Crippen molar-refractivity contribution in [2.45, 2.75) is 102 Å². The Morgan fingerprint density at radius 3 is 1.41 bits per heavy atom. The first-order valence-corrected chi connectivity index (χ1v) is 13.5. The first-order chi connectivity index (χ1) is 18.4. The number of rotatable bonds is 21. The fraction of sp³-hybridized carbons (Fsp3) is 0.750. The number of carbonyl (C=O) groups is 4. The maximum Gasteiger partial charge on any atom is 0.243 e. The van der Waals surface area contributed by atoms with Crippen LogP contribution in [0.25, 0.3) is 0 Å². The lowest BCUT2D eigenvalue weighted by atomic mass is 10.0. The quantitative estimate of drug-likeness (QED) is 0.0430. The number of carbonyl (C=O) groups excluding carboxylic acids is 4. The molecular formula is C24H49N11O4. The number of amides is 4. The Bertz CT molecular complexity index is 809. The summed E-state index contributed by atoms with van der Waals surface area (Å²) in [5.41, 5.74) is 21.9. The van der Waals surface area contributed by atoms with Gasteiger partial charge in [-0.05, 0) is 38.5 Å². The van der Waals surface area contributed by atoms with Crippen LogP contribution in [0.3, 0.4) is 0 Å². The van der Waals surface area contributed by atoms with Crippen molar-refractivity contribution in [3.05, 3.63) is 0 Å². The molecule has 0 aromatic heterocycles. The predicted octanol–water partition coefficient (Wildman–Crippen LogP) is -1.84. The van der Waals surface area contributed by atoms with Crippen LogP contribution >= 0.6 is 0 Å². The maximum absolute atomic E-state index is 13.2. The lowest BCUT2D eigenvalue weighted by Gasteiger charge is -2.25. The third-order valence-electron chi connectivity index (χ3n) is 5.95. The molecule has 0 heterocycles. The molecule has 4 atom stereocenters. The number of unbranched alkanes of at least 4 members (excludes halogenated alkanes) is 2. The molecule has 0 bridgehead atoms. The zero-order chi connectivity index (χ0) is 29.8. The molecule has 0 radical (unpaired) electrons. The fourth-order valence-electron chi connectivity index (χ4n) is 3.67. The van der Waals surface area contributed by atoms with Crippen LogP contribution in [0.5, 0.6) is 0 Å². The Morgan fingerprint density at radius 2 is 1.00 bits per heavy atom. The van der Waals surface area contributed by atoms with Crippen LogP contribution in [0.15, 0.2) is 0 Å². The third-order valence-corrected chi connectivity index (χ3v) is 5.95. The fourth-order valence-corrected chi connectivity index (χ4v) is 3.67. The van der Waals surface area contributed by atoms with Gasteiger partial charge in [-0.1, -0.05) is 39.5 Å². The van der Waals surface area contributed by atoms with Gasteiger partial charge in [0.05, 0.1) is 6.04 Å². The van der Waals surface area contributed by atoms with Gasteiger partial charge in [-0.3, -0.25) is 30.0 Å². The van der Waals surface area contributed by atoms with Gasteiger partial charge in [0, 0.05) is 13.1 Å².